The fourth-order valence-electron chi connectivity index (χ4n) is 1.77. The second-order valence-electron chi connectivity index (χ2n) is 3.78. The average molecular weight is 253 g/mol. The largest absolute Gasteiger partial charge is 0.338 e. The molecule has 0 N–H and O–H groups in total. The van der Waals surface area contributed by atoms with Gasteiger partial charge in [-0.2, -0.15) is 11.8 Å². The summed E-state index contributed by atoms with van der Waals surface area (Å²) in [7, 11) is 0. The minimum atomic E-state index is 0.119. The highest BCUT2D eigenvalue weighted by Crippen LogP contribution is 2.18. The smallest absolute Gasteiger partial charge is 0.255 e. The summed E-state index contributed by atoms with van der Waals surface area (Å²) in [6, 6.07) is 7.50. The molecule has 1 aliphatic heterocycles. The molecule has 0 radical (unpaired) electrons. The third-order valence-corrected chi connectivity index (χ3v) is 4.08. The standard InChI is InChI=1S/C12H15NOS2/c14-12(10-4-1-2-5-11(10)15)13-6-3-8-16-9-7-13/h1-2,4-5,15H,3,6-9H2. The molecule has 0 spiro atoms. The molecule has 1 aliphatic rings. The lowest BCUT2D eigenvalue weighted by Crippen LogP contribution is -2.33. The molecule has 1 aromatic rings. The first-order valence-electron chi connectivity index (χ1n) is 5.44. The van der Waals surface area contributed by atoms with Crippen molar-refractivity contribution in [3.8, 4) is 0 Å². The van der Waals surface area contributed by atoms with E-state index in [0.717, 1.165) is 41.5 Å². The monoisotopic (exact) mass is 253 g/mol. The number of nitrogens with zero attached hydrogens (tertiary/aromatic N) is 1. The first-order valence-corrected chi connectivity index (χ1v) is 7.04. The van der Waals surface area contributed by atoms with Crippen LogP contribution in [0, 0.1) is 0 Å². The Morgan fingerprint density at radius 3 is 2.88 bits per heavy atom. The molecule has 2 nitrogen and oxygen atoms in total. The Balaban J connectivity index is 2.14. The van der Waals surface area contributed by atoms with E-state index in [2.05, 4.69) is 12.6 Å². The zero-order valence-electron chi connectivity index (χ0n) is 9.06. The van der Waals surface area contributed by atoms with E-state index < -0.39 is 0 Å². The third-order valence-electron chi connectivity index (χ3n) is 2.64. The second kappa shape index (κ2) is 5.64. The van der Waals surface area contributed by atoms with Crippen LogP contribution in [0.2, 0.25) is 0 Å². The third kappa shape index (κ3) is 2.74. The van der Waals surface area contributed by atoms with Crippen molar-refractivity contribution in [3.05, 3.63) is 29.8 Å². The Hall–Kier alpha value is -0.610. The van der Waals surface area contributed by atoms with Crippen molar-refractivity contribution in [1.82, 2.24) is 4.90 Å². The summed E-state index contributed by atoms with van der Waals surface area (Å²) in [5.41, 5.74) is 0.720. The maximum absolute atomic E-state index is 12.2. The highest BCUT2D eigenvalue weighted by atomic mass is 32.2. The second-order valence-corrected chi connectivity index (χ2v) is 5.48. The Morgan fingerprint density at radius 2 is 2.06 bits per heavy atom. The number of thioether (sulfide) groups is 1. The van der Waals surface area contributed by atoms with Crippen molar-refractivity contribution < 1.29 is 4.79 Å². The first kappa shape index (κ1) is 11.9. The molecule has 0 unspecified atom stereocenters. The number of amides is 1. The van der Waals surface area contributed by atoms with Crippen molar-refractivity contribution >= 4 is 30.3 Å². The number of rotatable bonds is 1. The Labute approximate surface area is 106 Å². The number of benzene rings is 1. The summed E-state index contributed by atoms with van der Waals surface area (Å²) in [6.07, 6.45) is 1.09. The molecule has 1 heterocycles. The summed E-state index contributed by atoms with van der Waals surface area (Å²) >= 11 is 6.25. The van der Waals surface area contributed by atoms with E-state index in [4.69, 9.17) is 0 Å². The quantitative estimate of drug-likeness (QED) is 0.776. The number of hydrogen-bond acceptors (Lipinski definition) is 3. The van der Waals surface area contributed by atoms with Crippen LogP contribution < -0.4 is 0 Å². The number of carbonyl (C=O) groups is 1. The Morgan fingerprint density at radius 1 is 1.25 bits per heavy atom. The van der Waals surface area contributed by atoms with Crippen molar-refractivity contribution in [2.24, 2.45) is 0 Å². The fraction of sp³-hybridized carbons (Fsp3) is 0.417. The molecule has 16 heavy (non-hydrogen) atoms. The van der Waals surface area contributed by atoms with Crippen molar-refractivity contribution in [1.29, 1.82) is 0 Å². The van der Waals surface area contributed by atoms with Gasteiger partial charge in [0.15, 0.2) is 0 Å². The van der Waals surface area contributed by atoms with E-state index in [-0.39, 0.29) is 5.91 Å². The van der Waals surface area contributed by atoms with Crippen LogP contribution >= 0.6 is 24.4 Å². The van der Waals surface area contributed by atoms with Crippen molar-refractivity contribution in [2.75, 3.05) is 24.6 Å². The molecule has 0 aromatic heterocycles. The van der Waals surface area contributed by atoms with Gasteiger partial charge in [-0.05, 0) is 24.3 Å². The van der Waals surface area contributed by atoms with Gasteiger partial charge in [0, 0.05) is 23.7 Å². The summed E-state index contributed by atoms with van der Waals surface area (Å²) in [4.78, 5) is 14.9. The van der Waals surface area contributed by atoms with Gasteiger partial charge in [0.25, 0.3) is 5.91 Å². The van der Waals surface area contributed by atoms with Crippen LogP contribution in [0.1, 0.15) is 16.8 Å². The van der Waals surface area contributed by atoms with Crippen LogP contribution in [0.25, 0.3) is 0 Å². The van der Waals surface area contributed by atoms with Gasteiger partial charge in [-0.15, -0.1) is 12.6 Å². The molecule has 0 aliphatic carbocycles. The van der Waals surface area contributed by atoms with E-state index in [1.54, 1.807) is 0 Å². The van der Waals surface area contributed by atoms with Gasteiger partial charge in [-0.25, -0.2) is 0 Å². The lowest BCUT2D eigenvalue weighted by molar-refractivity contribution is 0.0765. The number of thiol groups is 1. The van der Waals surface area contributed by atoms with Gasteiger partial charge in [0.1, 0.15) is 0 Å². The normalized spacial score (nSPS) is 16.9. The van der Waals surface area contributed by atoms with E-state index >= 15 is 0 Å². The van der Waals surface area contributed by atoms with E-state index in [1.807, 2.05) is 40.9 Å². The maximum Gasteiger partial charge on any atom is 0.255 e. The lowest BCUT2D eigenvalue weighted by Gasteiger charge is -2.20. The molecule has 1 amide bonds. The van der Waals surface area contributed by atoms with Gasteiger partial charge in [0.05, 0.1) is 5.56 Å². The molecule has 0 saturated carbocycles. The predicted molar refractivity (Wildman–Crippen MR) is 71.5 cm³/mol. The molecule has 1 fully saturated rings. The molecular formula is C12H15NOS2. The minimum Gasteiger partial charge on any atom is -0.338 e. The molecule has 0 bridgehead atoms. The van der Waals surface area contributed by atoms with Crippen molar-refractivity contribution in [3.63, 3.8) is 0 Å². The highest BCUT2D eigenvalue weighted by Gasteiger charge is 2.18. The number of carbonyl (C=O) groups excluding carboxylic acids is 1. The molecule has 2 rings (SSSR count). The van der Waals surface area contributed by atoms with Gasteiger partial charge in [0.2, 0.25) is 0 Å². The number of hydrogen-bond donors (Lipinski definition) is 1. The summed E-state index contributed by atoms with van der Waals surface area (Å²) in [5, 5.41) is 0. The zero-order valence-corrected chi connectivity index (χ0v) is 10.8. The zero-order chi connectivity index (χ0) is 11.4. The SMILES string of the molecule is O=C(c1ccccc1S)N1CCCSCC1. The van der Waals surface area contributed by atoms with Gasteiger partial charge < -0.3 is 4.90 Å². The topological polar surface area (TPSA) is 20.3 Å². The van der Waals surface area contributed by atoms with Crippen LogP contribution in [0.4, 0.5) is 0 Å². The van der Waals surface area contributed by atoms with Crippen LogP contribution in [-0.4, -0.2) is 35.4 Å². The van der Waals surface area contributed by atoms with Crippen LogP contribution in [0.3, 0.4) is 0 Å². The molecular weight excluding hydrogens is 238 g/mol. The van der Waals surface area contributed by atoms with Crippen LogP contribution in [0.15, 0.2) is 29.2 Å². The van der Waals surface area contributed by atoms with Crippen molar-refractivity contribution in [2.45, 2.75) is 11.3 Å². The Kier molecular flexibility index (Phi) is 4.18. The van der Waals surface area contributed by atoms with Crippen LogP contribution in [-0.2, 0) is 0 Å². The molecule has 4 heteroatoms. The summed E-state index contributed by atoms with van der Waals surface area (Å²) in [6.45, 7) is 1.72. The molecule has 0 atom stereocenters. The molecule has 86 valence electrons. The van der Waals surface area contributed by atoms with Gasteiger partial charge in [-0.1, -0.05) is 12.1 Å². The van der Waals surface area contributed by atoms with E-state index in [9.17, 15) is 4.79 Å². The van der Waals surface area contributed by atoms with Crippen LogP contribution in [0.5, 0.6) is 0 Å². The predicted octanol–water partition coefficient (Wildman–Crippen LogP) is 2.55. The lowest BCUT2D eigenvalue weighted by atomic mass is 10.2. The summed E-state index contributed by atoms with van der Waals surface area (Å²) < 4.78 is 0. The maximum atomic E-state index is 12.2. The van der Waals surface area contributed by atoms with Gasteiger partial charge in [-0.3, -0.25) is 4.79 Å². The van der Waals surface area contributed by atoms with E-state index in [1.165, 1.54) is 0 Å². The minimum absolute atomic E-state index is 0.119. The van der Waals surface area contributed by atoms with E-state index in [0.29, 0.717) is 0 Å². The van der Waals surface area contributed by atoms with Gasteiger partial charge >= 0.3 is 0 Å². The Bertz CT molecular complexity index is 373. The highest BCUT2D eigenvalue weighted by molar-refractivity contribution is 7.99. The average Bonchev–Trinajstić information content (AvgIpc) is 2.57. The summed E-state index contributed by atoms with van der Waals surface area (Å²) in [5.74, 6) is 2.32. The first-order chi connectivity index (χ1) is 7.79. The molecule has 1 aromatic carbocycles. The molecule has 1 saturated heterocycles. The fourth-order valence-corrected chi connectivity index (χ4v) is 2.92.